The molecule has 4 nitrogen and oxygen atoms in total. The standard InChI is InChI=1S/C9H20N2O2/c1-4-9(3,6-10)8(13)11-5-7(2)12/h7,12H,4-6,10H2,1-3H3,(H,11,13)/t7-,9?/m0/s1. The number of hydrogen-bond acceptors (Lipinski definition) is 3. The molecule has 0 spiro atoms. The van der Waals surface area contributed by atoms with E-state index >= 15 is 0 Å². The third-order valence-corrected chi connectivity index (χ3v) is 2.34. The minimum Gasteiger partial charge on any atom is -0.392 e. The fourth-order valence-corrected chi connectivity index (χ4v) is 0.851. The molecule has 1 unspecified atom stereocenters. The SMILES string of the molecule is CCC(C)(CN)C(=O)NC[C@H](C)O. The molecule has 0 aromatic carbocycles. The van der Waals surface area contributed by atoms with Gasteiger partial charge < -0.3 is 16.2 Å². The number of nitrogens with two attached hydrogens (primary N) is 1. The average Bonchev–Trinajstić information content (AvgIpc) is 2.12. The van der Waals surface area contributed by atoms with Gasteiger partial charge in [-0.3, -0.25) is 4.79 Å². The minimum atomic E-state index is -0.511. The summed E-state index contributed by atoms with van der Waals surface area (Å²) in [6, 6.07) is 0. The lowest BCUT2D eigenvalue weighted by Gasteiger charge is -2.25. The summed E-state index contributed by atoms with van der Waals surface area (Å²) in [5.41, 5.74) is 5.00. The number of aliphatic hydroxyl groups is 1. The van der Waals surface area contributed by atoms with Gasteiger partial charge >= 0.3 is 0 Å². The van der Waals surface area contributed by atoms with Gasteiger partial charge in [0.1, 0.15) is 0 Å². The van der Waals surface area contributed by atoms with Gasteiger partial charge in [0.2, 0.25) is 5.91 Å². The van der Waals surface area contributed by atoms with Crippen molar-refractivity contribution in [3.8, 4) is 0 Å². The van der Waals surface area contributed by atoms with Gasteiger partial charge in [-0.25, -0.2) is 0 Å². The molecule has 0 aliphatic heterocycles. The van der Waals surface area contributed by atoms with Crippen LogP contribution in [0.25, 0.3) is 0 Å². The van der Waals surface area contributed by atoms with Crippen molar-refractivity contribution >= 4 is 5.91 Å². The van der Waals surface area contributed by atoms with Crippen molar-refractivity contribution in [1.82, 2.24) is 5.32 Å². The average molecular weight is 188 g/mol. The maximum Gasteiger partial charge on any atom is 0.227 e. The number of rotatable bonds is 5. The first kappa shape index (κ1) is 12.4. The van der Waals surface area contributed by atoms with E-state index in [0.29, 0.717) is 13.0 Å². The van der Waals surface area contributed by atoms with E-state index in [1.807, 2.05) is 13.8 Å². The zero-order valence-corrected chi connectivity index (χ0v) is 8.63. The van der Waals surface area contributed by atoms with Crippen molar-refractivity contribution < 1.29 is 9.90 Å². The largest absolute Gasteiger partial charge is 0.392 e. The molecule has 0 heterocycles. The molecule has 0 saturated carbocycles. The Balaban J connectivity index is 4.07. The van der Waals surface area contributed by atoms with E-state index in [2.05, 4.69) is 5.32 Å². The molecular formula is C9H20N2O2. The fourth-order valence-electron chi connectivity index (χ4n) is 0.851. The lowest BCUT2D eigenvalue weighted by atomic mass is 9.86. The number of aliphatic hydroxyl groups excluding tert-OH is 1. The molecule has 0 saturated heterocycles. The molecule has 0 aliphatic rings. The predicted molar refractivity (Wildman–Crippen MR) is 52.1 cm³/mol. The second-order valence-corrected chi connectivity index (χ2v) is 3.68. The van der Waals surface area contributed by atoms with Gasteiger partial charge in [0.15, 0.2) is 0 Å². The molecule has 0 aromatic rings. The minimum absolute atomic E-state index is 0.0848. The van der Waals surface area contributed by atoms with Crippen LogP contribution in [-0.4, -0.2) is 30.2 Å². The summed E-state index contributed by atoms with van der Waals surface area (Å²) in [5.74, 6) is -0.0848. The summed E-state index contributed by atoms with van der Waals surface area (Å²) >= 11 is 0. The van der Waals surface area contributed by atoms with E-state index in [4.69, 9.17) is 10.8 Å². The maximum absolute atomic E-state index is 11.5. The zero-order chi connectivity index (χ0) is 10.5. The fraction of sp³-hybridized carbons (Fsp3) is 0.889. The van der Waals surface area contributed by atoms with Crippen LogP contribution in [0, 0.1) is 5.41 Å². The molecule has 0 radical (unpaired) electrons. The van der Waals surface area contributed by atoms with E-state index in [1.54, 1.807) is 6.92 Å². The number of hydrogen-bond donors (Lipinski definition) is 3. The van der Waals surface area contributed by atoms with E-state index in [1.165, 1.54) is 0 Å². The lowest BCUT2D eigenvalue weighted by molar-refractivity contribution is -0.130. The molecule has 1 amide bonds. The van der Waals surface area contributed by atoms with Crippen LogP contribution < -0.4 is 11.1 Å². The third kappa shape index (κ3) is 3.74. The highest BCUT2D eigenvalue weighted by molar-refractivity contribution is 5.82. The first-order chi connectivity index (χ1) is 5.96. The molecule has 0 aliphatic carbocycles. The molecule has 0 bridgehead atoms. The Labute approximate surface area is 79.5 Å². The van der Waals surface area contributed by atoms with Crippen LogP contribution in [0.1, 0.15) is 27.2 Å². The Kier molecular flexibility index (Phi) is 4.95. The molecule has 0 aromatic heterocycles. The summed E-state index contributed by atoms with van der Waals surface area (Å²) in [6.07, 6.45) is 0.192. The summed E-state index contributed by atoms with van der Waals surface area (Å²) in [6.45, 7) is 5.99. The molecule has 0 rings (SSSR count). The van der Waals surface area contributed by atoms with Crippen molar-refractivity contribution in [2.45, 2.75) is 33.3 Å². The van der Waals surface area contributed by atoms with E-state index in [9.17, 15) is 4.79 Å². The van der Waals surface area contributed by atoms with Crippen LogP contribution in [-0.2, 0) is 4.79 Å². The van der Waals surface area contributed by atoms with Crippen LogP contribution in [0.5, 0.6) is 0 Å². The van der Waals surface area contributed by atoms with Crippen molar-refractivity contribution in [2.75, 3.05) is 13.1 Å². The molecule has 4 N–H and O–H groups in total. The zero-order valence-electron chi connectivity index (χ0n) is 8.63. The normalized spacial score (nSPS) is 17.6. The smallest absolute Gasteiger partial charge is 0.227 e. The number of amides is 1. The number of carbonyl (C=O) groups is 1. The highest BCUT2D eigenvalue weighted by Crippen LogP contribution is 2.18. The second-order valence-electron chi connectivity index (χ2n) is 3.68. The predicted octanol–water partition coefficient (Wildman–Crippen LogP) is -0.142. The Morgan fingerprint density at radius 2 is 2.23 bits per heavy atom. The van der Waals surface area contributed by atoms with Gasteiger partial charge in [-0.05, 0) is 20.3 Å². The van der Waals surface area contributed by atoms with Crippen LogP contribution >= 0.6 is 0 Å². The Morgan fingerprint density at radius 3 is 2.54 bits per heavy atom. The molecule has 0 fully saturated rings. The third-order valence-electron chi connectivity index (χ3n) is 2.34. The van der Waals surface area contributed by atoms with Crippen LogP contribution in [0.2, 0.25) is 0 Å². The summed E-state index contributed by atoms with van der Waals surface area (Å²) in [7, 11) is 0. The van der Waals surface area contributed by atoms with Gasteiger partial charge in [0.25, 0.3) is 0 Å². The van der Waals surface area contributed by atoms with Gasteiger partial charge in [-0.2, -0.15) is 0 Å². The maximum atomic E-state index is 11.5. The van der Waals surface area contributed by atoms with Crippen LogP contribution in [0.3, 0.4) is 0 Å². The van der Waals surface area contributed by atoms with E-state index < -0.39 is 11.5 Å². The van der Waals surface area contributed by atoms with Gasteiger partial charge in [0.05, 0.1) is 11.5 Å². The Hall–Kier alpha value is -0.610. The van der Waals surface area contributed by atoms with Crippen LogP contribution in [0.15, 0.2) is 0 Å². The van der Waals surface area contributed by atoms with Gasteiger partial charge in [-0.15, -0.1) is 0 Å². The second kappa shape index (κ2) is 5.19. The quantitative estimate of drug-likeness (QED) is 0.562. The molecule has 4 heteroatoms. The van der Waals surface area contributed by atoms with Crippen LogP contribution in [0.4, 0.5) is 0 Å². The first-order valence-corrected chi connectivity index (χ1v) is 4.62. The number of carbonyl (C=O) groups excluding carboxylic acids is 1. The number of nitrogens with one attached hydrogen (secondary N) is 1. The summed E-state index contributed by atoms with van der Waals surface area (Å²) < 4.78 is 0. The van der Waals surface area contributed by atoms with Gasteiger partial charge in [-0.1, -0.05) is 6.92 Å². The Bertz CT molecular complexity index is 165. The van der Waals surface area contributed by atoms with E-state index in [-0.39, 0.29) is 12.5 Å². The monoisotopic (exact) mass is 188 g/mol. The topological polar surface area (TPSA) is 75.4 Å². The van der Waals surface area contributed by atoms with Crippen molar-refractivity contribution in [2.24, 2.45) is 11.1 Å². The molecular weight excluding hydrogens is 168 g/mol. The van der Waals surface area contributed by atoms with E-state index in [0.717, 1.165) is 0 Å². The molecule has 13 heavy (non-hydrogen) atoms. The summed E-state index contributed by atoms with van der Waals surface area (Å²) in [5, 5.41) is 11.6. The molecule has 78 valence electrons. The lowest BCUT2D eigenvalue weighted by Crippen LogP contribution is -2.45. The van der Waals surface area contributed by atoms with Gasteiger partial charge in [0, 0.05) is 13.1 Å². The molecule has 2 atom stereocenters. The summed E-state index contributed by atoms with van der Waals surface area (Å²) in [4.78, 5) is 11.5. The van der Waals surface area contributed by atoms with Crippen molar-refractivity contribution in [1.29, 1.82) is 0 Å². The highest BCUT2D eigenvalue weighted by Gasteiger charge is 2.29. The van der Waals surface area contributed by atoms with Crippen molar-refractivity contribution in [3.63, 3.8) is 0 Å². The first-order valence-electron chi connectivity index (χ1n) is 4.62. The van der Waals surface area contributed by atoms with Crippen molar-refractivity contribution in [3.05, 3.63) is 0 Å². The highest BCUT2D eigenvalue weighted by atomic mass is 16.3. The Morgan fingerprint density at radius 1 is 1.69 bits per heavy atom.